The van der Waals surface area contributed by atoms with Crippen LogP contribution in [0.2, 0.25) is 0 Å². The molecule has 7 heteroatoms. The highest BCUT2D eigenvalue weighted by atomic mass is 16.5. The van der Waals surface area contributed by atoms with Crippen LogP contribution in [0.15, 0.2) is 65.1 Å². The van der Waals surface area contributed by atoms with Gasteiger partial charge in [0.15, 0.2) is 5.76 Å². The predicted octanol–water partition coefficient (Wildman–Crippen LogP) is 5.25. The smallest absolute Gasteiger partial charge is 0.255 e. The number of ether oxygens (including phenoxy) is 3. The molecular formula is C26H23NO6. The van der Waals surface area contributed by atoms with Gasteiger partial charge in [-0.05, 0) is 55.5 Å². The lowest BCUT2D eigenvalue weighted by atomic mass is 10.0. The molecule has 0 atom stereocenters. The molecule has 0 saturated carbocycles. The number of hydrogen-bond donors (Lipinski definition) is 1. The molecule has 1 heterocycles. The first-order chi connectivity index (χ1) is 15.9. The lowest BCUT2D eigenvalue weighted by molar-refractivity contribution is 0.101. The molecule has 4 rings (SSSR count). The van der Waals surface area contributed by atoms with Gasteiger partial charge in [-0.3, -0.25) is 9.59 Å². The van der Waals surface area contributed by atoms with Gasteiger partial charge in [0.1, 0.15) is 22.8 Å². The first kappa shape index (κ1) is 22.0. The number of carbonyl (C=O) groups is 2. The number of fused-ring (bicyclic) bond motifs is 1. The molecule has 4 aromatic rings. The predicted molar refractivity (Wildman–Crippen MR) is 125 cm³/mol. The summed E-state index contributed by atoms with van der Waals surface area (Å²) in [6.07, 6.45) is 0. The van der Waals surface area contributed by atoms with E-state index in [1.807, 2.05) is 13.0 Å². The van der Waals surface area contributed by atoms with E-state index in [-0.39, 0.29) is 17.5 Å². The van der Waals surface area contributed by atoms with Crippen LogP contribution < -0.4 is 19.5 Å². The summed E-state index contributed by atoms with van der Waals surface area (Å²) in [6.45, 7) is 1.84. The van der Waals surface area contributed by atoms with Gasteiger partial charge in [-0.2, -0.15) is 0 Å². The zero-order valence-electron chi connectivity index (χ0n) is 18.7. The molecule has 0 saturated heterocycles. The first-order valence-electron chi connectivity index (χ1n) is 10.2. The van der Waals surface area contributed by atoms with Crippen molar-refractivity contribution in [2.24, 2.45) is 0 Å². The van der Waals surface area contributed by atoms with Crippen LogP contribution in [0.5, 0.6) is 17.2 Å². The van der Waals surface area contributed by atoms with Gasteiger partial charge in [0.2, 0.25) is 5.78 Å². The summed E-state index contributed by atoms with van der Waals surface area (Å²) >= 11 is 0. The molecule has 1 N–H and O–H groups in total. The molecule has 0 spiro atoms. The Morgan fingerprint density at radius 3 is 2.00 bits per heavy atom. The van der Waals surface area contributed by atoms with Crippen LogP contribution in [0.1, 0.15) is 32.0 Å². The Balaban J connectivity index is 1.61. The normalized spacial score (nSPS) is 10.7. The molecule has 0 aliphatic rings. The maximum absolute atomic E-state index is 13.0. The second-order valence-electron chi connectivity index (χ2n) is 7.38. The second kappa shape index (κ2) is 9.08. The maximum atomic E-state index is 13.0. The number of rotatable bonds is 7. The van der Waals surface area contributed by atoms with Crippen molar-refractivity contribution in [2.75, 3.05) is 26.6 Å². The number of methoxy groups -OCH3 is 3. The Morgan fingerprint density at radius 2 is 1.39 bits per heavy atom. The van der Waals surface area contributed by atoms with Gasteiger partial charge in [-0.25, -0.2) is 0 Å². The summed E-state index contributed by atoms with van der Waals surface area (Å²) in [5.74, 6) is 1.40. The Bertz CT molecular complexity index is 1310. The topological polar surface area (TPSA) is 87.0 Å². The minimum absolute atomic E-state index is 0.222. The average Bonchev–Trinajstić information content (AvgIpc) is 3.18. The van der Waals surface area contributed by atoms with Gasteiger partial charge in [0.25, 0.3) is 5.91 Å². The molecule has 1 aromatic heterocycles. The van der Waals surface area contributed by atoms with Crippen molar-refractivity contribution in [3.8, 4) is 17.2 Å². The molecule has 0 aliphatic carbocycles. The average molecular weight is 445 g/mol. The van der Waals surface area contributed by atoms with E-state index in [2.05, 4.69) is 5.32 Å². The van der Waals surface area contributed by atoms with Crippen LogP contribution in [0.4, 0.5) is 5.69 Å². The number of furan rings is 1. The van der Waals surface area contributed by atoms with Gasteiger partial charge in [-0.1, -0.05) is 0 Å². The number of hydrogen-bond acceptors (Lipinski definition) is 6. The quantitative estimate of drug-likeness (QED) is 0.391. The summed E-state index contributed by atoms with van der Waals surface area (Å²) in [7, 11) is 4.62. The lowest BCUT2D eigenvalue weighted by Crippen LogP contribution is -2.12. The number of anilines is 1. The van der Waals surface area contributed by atoms with E-state index in [9.17, 15) is 9.59 Å². The Hall–Kier alpha value is -4.26. The summed E-state index contributed by atoms with van der Waals surface area (Å²) in [4.78, 5) is 25.8. The molecule has 3 aromatic carbocycles. The van der Waals surface area contributed by atoms with Gasteiger partial charge in [-0.15, -0.1) is 0 Å². The van der Waals surface area contributed by atoms with Crippen LogP contribution >= 0.6 is 0 Å². The van der Waals surface area contributed by atoms with Crippen molar-refractivity contribution >= 4 is 28.3 Å². The number of carbonyl (C=O) groups excluding carboxylic acids is 2. The van der Waals surface area contributed by atoms with Crippen molar-refractivity contribution in [1.29, 1.82) is 0 Å². The standard InChI is InChI=1S/C26H23NO6/c1-15-22-10-7-18(27-26(29)17-11-20(31-3)14-21(12-17)32-4)13-23(22)33-25(15)24(28)16-5-8-19(30-2)9-6-16/h5-14H,1-4H3,(H,27,29). The fourth-order valence-corrected chi connectivity index (χ4v) is 3.54. The molecule has 1 amide bonds. The Kier molecular flexibility index (Phi) is 6.04. The molecule has 0 radical (unpaired) electrons. The van der Waals surface area contributed by atoms with Crippen LogP contribution in [0.3, 0.4) is 0 Å². The van der Waals surface area contributed by atoms with E-state index in [0.717, 1.165) is 10.9 Å². The number of nitrogens with one attached hydrogen (secondary N) is 1. The zero-order valence-corrected chi connectivity index (χ0v) is 18.7. The zero-order chi connectivity index (χ0) is 23.5. The largest absolute Gasteiger partial charge is 0.497 e. The van der Waals surface area contributed by atoms with Crippen molar-refractivity contribution in [3.63, 3.8) is 0 Å². The summed E-state index contributed by atoms with van der Waals surface area (Å²) in [5, 5.41) is 3.65. The van der Waals surface area contributed by atoms with Crippen LogP contribution in [0, 0.1) is 6.92 Å². The summed E-state index contributed by atoms with van der Waals surface area (Å²) < 4.78 is 21.5. The van der Waals surface area contributed by atoms with E-state index in [1.54, 1.807) is 61.7 Å². The van der Waals surface area contributed by atoms with Gasteiger partial charge >= 0.3 is 0 Å². The Labute approximate surface area is 190 Å². The maximum Gasteiger partial charge on any atom is 0.255 e. The van der Waals surface area contributed by atoms with Gasteiger partial charge < -0.3 is 23.9 Å². The van der Waals surface area contributed by atoms with E-state index < -0.39 is 0 Å². The fourth-order valence-electron chi connectivity index (χ4n) is 3.54. The number of ketones is 1. The number of amides is 1. The van der Waals surface area contributed by atoms with E-state index in [4.69, 9.17) is 18.6 Å². The van der Waals surface area contributed by atoms with Crippen LogP contribution in [-0.4, -0.2) is 33.0 Å². The lowest BCUT2D eigenvalue weighted by Gasteiger charge is -2.09. The van der Waals surface area contributed by atoms with Crippen molar-refractivity contribution < 1.29 is 28.2 Å². The highest BCUT2D eigenvalue weighted by molar-refractivity contribution is 6.11. The van der Waals surface area contributed by atoms with Crippen LogP contribution in [-0.2, 0) is 0 Å². The second-order valence-corrected chi connectivity index (χ2v) is 7.38. The SMILES string of the molecule is COc1ccc(C(=O)c2oc3cc(NC(=O)c4cc(OC)cc(OC)c4)ccc3c2C)cc1. The minimum atomic E-state index is -0.329. The van der Waals surface area contributed by atoms with E-state index in [1.165, 1.54) is 14.2 Å². The highest BCUT2D eigenvalue weighted by Gasteiger charge is 2.20. The molecule has 0 bridgehead atoms. The van der Waals surface area contributed by atoms with Crippen molar-refractivity contribution in [2.45, 2.75) is 6.92 Å². The monoisotopic (exact) mass is 445 g/mol. The third kappa shape index (κ3) is 4.39. The van der Waals surface area contributed by atoms with Crippen molar-refractivity contribution in [1.82, 2.24) is 0 Å². The fraction of sp³-hybridized carbons (Fsp3) is 0.154. The van der Waals surface area contributed by atoms with Crippen molar-refractivity contribution in [3.05, 3.63) is 83.1 Å². The molecule has 33 heavy (non-hydrogen) atoms. The van der Waals surface area contributed by atoms with Gasteiger partial charge in [0, 0.05) is 39.9 Å². The summed E-state index contributed by atoms with van der Waals surface area (Å²) in [5.41, 5.74) is 2.66. The molecular weight excluding hydrogens is 422 g/mol. The van der Waals surface area contributed by atoms with Crippen LogP contribution in [0.25, 0.3) is 11.0 Å². The van der Waals surface area contributed by atoms with E-state index >= 15 is 0 Å². The molecule has 0 unspecified atom stereocenters. The molecule has 0 fully saturated rings. The molecule has 7 nitrogen and oxygen atoms in total. The third-order valence-electron chi connectivity index (χ3n) is 5.37. The first-order valence-corrected chi connectivity index (χ1v) is 10.2. The molecule has 168 valence electrons. The number of aryl methyl sites for hydroxylation is 1. The Morgan fingerprint density at radius 1 is 0.758 bits per heavy atom. The summed E-state index contributed by atoms with van der Waals surface area (Å²) in [6, 6.07) is 17.1. The highest BCUT2D eigenvalue weighted by Crippen LogP contribution is 2.30. The minimum Gasteiger partial charge on any atom is -0.497 e. The third-order valence-corrected chi connectivity index (χ3v) is 5.37. The van der Waals surface area contributed by atoms with E-state index in [0.29, 0.717) is 39.6 Å². The van der Waals surface area contributed by atoms with Gasteiger partial charge in [0.05, 0.1) is 21.3 Å². The number of benzene rings is 3. The molecule has 0 aliphatic heterocycles.